The lowest BCUT2D eigenvalue weighted by Crippen LogP contribution is -2.37. The average Bonchev–Trinajstić information content (AvgIpc) is 3.17. The summed E-state index contributed by atoms with van der Waals surface area (Å²) in [7, 11) is 0. The second-order valence-electron chi connectivity index (χ2n) is 6.27. The molecule has 0 saturated carbocycles. The van der Waals surface area contributed by atoms with E-state index in [9.17, 15) is 26.3 Å². The zero-order valence-corrected chi connectivity index (χ0v) is 16.3. The van der Waals surface area contributed by atoms with Gasteiger partial charge < -0.3 is 5.32 Å². The van der Waals surface area contributed by atoms with Crippen LogP contribution in [0.15, 0.2) is 51.8 Å². The summed E-state index contributed by atoms with van der Waals surface area (Å²) < 4.78 is 78.8. The zero-order chi connectivity index (χ0) is 22.4. The molecule has 5 nitrogen and oxygen atoms in total. The van der Waals surface area contributed by atoms with Gasteiger partial charge in [0.2, 0.25) is 5.84 Å². The van der Waals surface area contributed by atoms with E-state index in [1.807, 2.05) is 6.92 Å². The number of H-pyrrole nitrogens is 1. The first-order chi connectivity index (χ1) is 14.1. The van der Waals surface area contributed by atoms with Gasteiger partial charge in [0.15, 0.2) is 5.69 Å². The van der Waals surface area contributed by atoms with Gasteiger partial charge >= 0.3 is 12.4 Å². The zero-order valence-electron chi connectivity index (χ0n) is 16.3. The van der Waals surface area contributed by atoms with Gasteiger partial charge in [0, 0.05) is 12.7 Å². The number of aromatic amines is 1. The molecule has 0 aromatic carbocycles. The monoisotopic (exact) mass is 433 g/mol. The number of amidine groups is 1. The van der Waals surface area contributed by atoms with Crippen molar-refractivity contribution in [3.8, 4) is 0 Å². The summed E-state index contributed by atoms with van der Waals surface area (Å²) in [6.07, 6.45) is -1.26. The Hall–Kier alpha value is -2.85. The molecular formula is C19H21F6N5. The van der Waals surface area contributed by atoms with Gasteiger partial charge in [-0.25, -0.2) is 4.99 Å². The summed E-state index contributed by atoms with van der Waals surface area (Å²) >= 11 is 0. The van der Waals surface area contributed by atoms with E-state index in [4.69, 9.17) is 0 Å². The largest absolute Gasteiger partial charge is 0.448 e. The van der Waals surface area contributed by atoms with Crippen LogP contribution in [0, 0.1) is 0 Å². The molecule has 0 bridgehead atoms. The van der Waals surface area contributed by atoms with Crippen LogP contribution >= 0.6 is 0 Å². The van der Waals surface area contributed by atoms with Crippen LogP contribution in [0.4, 0.5) is 26.3 Å². The Balaban J connectivity index is 2.55. The summed E-state index contributed by atoms with van der Waals surface area (Å²) in [5, 5.41) is 7.70. The number of aromatic nitrogens is 2. The molecule has 2 rings (SSSR count). The van der Waals surface area contributed by atoms with Crippen LogP contribution in [0.25, 0.3) is 0 Å². The van der Waals surface area contributed by atoms with E-state index in [0.717, 1.165) is 6.20 Å². The second kappa shape index (κ2) is 9.77. The van der Waals surface area contributed by atoms with Gasteiger partial charge in [0.1, 0.15) is 0 Å². The van der Waals surface area contributed by atoms with Gasteiger partial charge in [-0.15, -0.1) is 0 Å². The number of rotatable bonds is 5. The molecule has 1 aromatic rings. The van der Waals surface area contributed by atoms with Crippen molar-refractivity contribution < 1.29 is 26.3 Å². The maximum atomic E-state index is 13.4. The Morgan fingerprint density at radius 2 is 1.93 bits per heavy atom. The normalized spacial score (nSPS) is 21.5. The van der Waals surface area contributed by atoms with E-state index in [-0.39, 0.29) is 30.1 Å². The minimum atomic E-state index is -4.69. The molecule has 2 heterocycles. The quantitative estimate of drug-likeness (QED) is 0.509. The molecule has 0 fully saturated rings. The van der Waals surface area contributed by atoms with E-state index in [0.29, 0.717) is 18.4 Å². The molecule has 30 heavy (non-hydrogen) atoms. The number of hydrogen-bond donors (Lipinski definition) is 2. The molecule has 1 aliphatic rings. The number of aliphatic imine (C=N–C) groups is 2. The van der Waals surface area contributed by atoms with Crippen molar-refractivity contribution in [3.63, 3.8) is 0 Å². The van der Waals surface area contributed by atoms with Crippen molar-refractivity contribution in [1.82, 2.24) is 15.5 Å². The Bertz CT molecular complexity index is 884. The van der Waals surface area contributed by atoms with Crippen LogP contribution in [-0.4, -0.2) is 41.0 Å². The fourth-order valence-corrected chi connectivity index (χ4v) is 2.75. The first kappa shape index (κ1) is 23.4. The highest BCUT2D eigenvalue weighted by molar-refractivity contribution is 6.13. The van der Waals surface area contributed by atoms with Gasteiger partial charge in [0.05, 0.1) is 23.5 Å². The number of allylic oxidation sites excluding steroid dienone is 3. The first-order valence-corrected chi connectivity index (χ1v) is 9.15. The van der Waals surface area contributed by atoms with Gasteiger partial charge in [-0.3, -0.25) is 10.1 Å². The number of alkyl halides is 6. The van der Waals surface area contributed by atoms with Gasteiger partial charge in [0.25, 0.3) is 0 Å². The van der Waals surface area contributed by atoms with Gasteiger partial charge in [-0.1, -0.05) is 25.5 Å². The molecule has 0 amide bonds. The van der Waals surface area contributed by atoms with Gasteiger partial charge in [-0.05, 0) is 31.1 Å². The van der Waals surface area contributed by atoms with Crippen molar-refractivity contribution >= 4 is 11.5 Å². The van der Waals surface area contributed by atoms with Crippen LogP contribution in [-0.2, 0) is 6.18 Å². The molecule has 1 aromatic heterocycles. The molecule has 0 unspecified atom stereocenters. The van der Waals surface area contributed by atoms with Crippen LogP contribution in [0.5, 0.6) is 0 Å². The fraction of sp³-hybridized carbons (Fsp3) is 0.421. The molecule has 11 heteroatoms. The number of nitrogens with one attached hydrogen (secondary N) is 2. The van der Waals surface area contributed by atoms with E-state index in [2.05, 4.69) is 25.5 Å². The maximum absolute atomic E-state index is 13.4. The summed E-state index contributed by atoms with van der Waals surface area (Å²) in [4.78, 5) is 7.83. The smallest absolute Gasteiger partial charge is 0.363 e. The molecule has 0 saturated heterocycles. The van der Waals surface area contributed by atoms with Crippen LogP contribution in [0.2, 0.25) is 0 Å². The number of hydrogen-bond acceptors (Lipinski definition) is 4. The molecule has 164 valence electrons. The predicted molar refractivity (Wildman–Crippen MR) is 102 cm³/mol. The summed E-state index contributed by atoms with van der Waals surface area (Å²) in [6.45, 7) is 3.06. The third-order valence-electron chi connectivity index (χ3n) is 4.07. The van der Waals surface area contributed by atoms with E-state index in [1.165, 1.54) is 18.2 Å². The first-order valence-electron chi connectivity index (χ1n) is 9.15. The van der Waals surface area contributed by atoms with Gasteiger partial charge in [-0.2, -0.15) is 31.4 Å². The topological polar surface area (TPSA) is 65.4 Å². The molecular weight excluding hydrogens is 412 g/mol. The highest BCUT2D eigenvalue weighted by Gasteiger charge is 2.38. The summed E-state index contributed by atoms with van der Waals surface area (Å²) in [5.74, 6) is -1.12. The van der Waals surface area contributed by atoms with Crippen molar-refractivity contribution in [2.45, 2.75) is 39.0 Å². The van der Waals surface area contributed by atoms with E-state index < -0.39 is 23.9 Å². The lowest BCUT2D eigenvalue weighted by Gasteiger charge is -2.12. The van der Waals surface area contributed by atoms with Crippen LogP contribution in [0.3, 0.4) is 0 Å². The third-order valence-corrected chi connectivity index (χ3v) is 4.07. The number of halogens is 6. The van der Waals surface area contributed by atoms with E-state index >= 15 is 0 Å². The molecule has 1 aliphatic heterocycles. The lowest BCUT2D eigenvalue weighted by molar-refractivity contribution is -0.141. The van der Waals surface area contributed by atoms with Crippen molar-refractivity contribution in [3.05, 3.63) is 53.0 Å². The van der Waals surface area contributed by atoms with Crippen LogP contribution in [0.1, 0.15) is 37.9 Å². The summed E-state index contributed by atoms with van der Waals surface area (Å²) in [6, 6.07) is 0. The van der Waals surface area contributed by atoms with Crippen molar-refractivity contribution in [2.75, 3.05) is 13.1 Å². The minimum Gasteiger partial charge on any atom is -0.363 e. The molecule has 0 atom stereocenters. The summed E-state index contributed by atoms with van der Waals surface area (Å²) in [5.41, 5.74) is -0.511. The molecule has 0 spiro atoms. The molecule has 0 radical (unpaired) electrons. The maximum Gasteiger partial charge on any atom is 0.448 e. The Labute approximate surface area is 169 Å². The SMILES string of the molecule is C/C=C(CCC)/C(=N\C1=C\C/N=C(/C(F)(F)F)NC\C=C/1)c1c[nH]nc1C(F)(F)F. The standard InChI is InChI=1S/C19H21F6N5/c1-3-6-12(4-2)15(14-11-28-30-16(14)18(20,21)22)29-13-7-5-9-26-17(19(23,24)25)27-10-8-13/h4-5,7-8,11H,3,6,9-10H2,1-2H3,(H,26,27)(H,28,30)/b7-5-,12-4+,13-8+,29-15+. The lowest BCUT2D eigenvalue weighted by atomic mass is 9.98. The third kappa shape index (κ3) is 6.07. The van der Waals surface area contributed by atoms with Crippen molar-refractivity contribution in [1.29, 1.82) is 0 Å². The second-order valence-corrected chi connectivity index (χ2v) is 6.27. The van der Waals surface area contributed by atoms with Crippen LogP contribution < -0.4 is 5.32 Å². The van der Waals surface area contributed by atoms with E-state index in [1.54, 1.807) is 13.0 Å². The Morgan fingerprint density at radius 3 is 2.53 bits per heavy atom. The Morgan fingerprint density at radius 1 is 1.20 bits per heavy atom. The predicted octanol–water partition coefficient (Wildman–Crippen LogP) is 4.97. The molecule has 2 N–H and O–H groups in total. The molecule has 0 aliphatic carbocycles. The van der Waals surface area contributed by atoms with Crippen molar-refractivity contribution in [2.24, 2.45) is 9.98 Å². The fourth-order valence-electron chi connectivity index (χ4n) is 2.75. The number of nitrogens with zero attached hydrogens (tertiary/aromatic N) is 3. The highest BCUT2D eigenvalue weighted by Crippen LogP contribution is 2.32. The minimum absolute atomic E-state index is 0.0588. The Kier molecular flexibility index (Phi) is 7.63. The average molecular weight is 433 g/mol. The highest BCUT2D eigenvalue weighted by atomic mass is 19.4.